The van der Waals surface area contributed by atoms with Crippen LogP contribution >= 0.6 is 28.1 Å². The van der Waals surface area contributed by atoms with Gasteiger partial charge in [0.1, 0.15) is 29.1 Å². The monoisotopic (exact) mass is 509 g/mol. The lowest BCUT2D eigenvalue weighted by Crippen LogP contribution is -2.29. The van der Waals surface area contributed by atoms with Gasteiger partial charge in [0, 0.05) is 16.2 Å². The van der Waals surface area contributed by atoms with Crippen molar-refractivity contribution in [2.45, 2.75) is 12.1 Å². The van der Waals surface area contributed by atoms with Crippen LogP contribution < -0.4 is 10.2 Å². The molecule has 2 atom stereocenters. The molecule has 2 N–H and O–H groups in total. The Hall–Kier alpha value is -3.23. The average Bonchev–Trinajstić information content (AvgIpc) is 3.39. The van der Waals surface area contributed by atoms with E-state index in [9.17, 15) is 9.50 Å². The molecule has 1 aliphatic heterocycles. The number of phenolic OH excluding ortho intramolecular Hbond substituents is 1. The molecule has 1 aliphatic rings. The number of rotatable bonds is 4. The smallest absolute Gasteiger partial charge is 0.174 e. The van der Waals surface area contributed by atoms with Crippen molar-refractivity contribution in [3.63, 3.8) is 0 Å². The molecule has 0 radical (unpaired) electrons. The summed E-state index contributed by atoms with van der Waals surface area (Å²) in [7, 11) is 0. The molecular weight excluding hydrogens is 493 g/mol. The van der Waals surface area contributed by atoms with Gasteiger partial charge in [0.15, 0.2) is 5.11 Å². The van der Waals surface area contributed by atoms with Crippen LogP contribution in [0.2, 0.25) is 0 Å². The van der Waals surface area contributed by atoms with Gasteiger partial charge in [0.2, 0.25) is 0 Å². The van der Waals surface area contributed by atoms with Crippen LogP contribution in [-0.4, -0.2) is 15.2 Å². The van der Waals surface area contributed by atoms with Gasteiger partial charge < -0.3 is 19.7 Å². The van der Waals surface area contributed by atoms with Crippen LogP contribution in [0.25, 0.3) is 11.3 Å². The van der Waals surface area contributed by atoms with Crippen molar-refractivity contribution in [2.75, 3.05) is 4.90 Å². The fourth-order valence-electron chi connectivity index (χ4n) is 3.92. The number of hydrogen-bond acceptors (Lipinski definition) is 4. The first-order valence-corrected chi connectivity index (χ1v) is 11.1. The second kappa shape index (κ2) is 8.37. The maximum absolute atomic E-state index is 13.6. The van der Waals surface area contributed by atoms with Crippen molar-refractivity contribution in [2.24, 2.45) is 0 Å². The topological polar surface area (TPSA) is 61.5 Å². The first-order chi connectivity index (χ1) is 15.5. The number of anilines is 1. The van der Waals surface area contributed by atoms with Crippen LogP contribution in [-0.2, 0) is 0 Å². The third-order valence-electron chi connectivity index (χ3n) is 5.35. The molecule has 1 saturated heterocycles. The normalized spacial score (nSPS) is 18.1. The molecule has 4 aromatic rings. The van der Waals surface area contributed by atoms with E-state index in [1.807, 2.05) is 41.3 Å². The van der Waals surface area contributed by atoms with Crippen molar-refractivity contribution in [1.29, 1.82) is 0 Å². The third-order valence-corrected chi connectivity index (χ3v) is 6.32. The molecule has 1 fully saturated rings. The second-order valence-electron chi connectivity index (χ2n) is 7.31. The van der Waals surface area contributed by atoms with Gasteiger partial charge in [-0.25, -0.2) is 4.39 Å². The van der Waals surface area contributed by atoms with Crippen LogP contribution in [0.3, 0.4) is 0 Å². The van der Waals surface area contributed by atoms with E-state index in [0.717, 1.165) is 11.3 Å². The molecule has 2 unspecified atom stereocenters. The minimum absolute atomic E-state index is 0.108. The molecule has 5 nitrogen and oxygen atoms in total. The van der Waals surface area contributed by atoms with Gasteiger partial charge in [-0.1, -0.05) is 18.2 Å². The highest BCUT2D eigenvalue weighted by Gasteiger charge is 2.43. The molecule has 0 bridgehead atoms. The lowest BCUT2D eigenvalue weighted by atomic mass is 10.0. The Labute approximate surface area is 197 Å². The molecule has 8 heteroatoms. The maximum atomic E-state index is 13.6. The number of benzene rings is 2. The molecular formula is C24H17BrFN3O2S. The van der Waals surface area contributed by atoms with Crippen LogP contribution in [0.5, 0.6) is 5.75 Å². The molecule has 5 rings (SSSR count). The van der Waals surface area contributed by atoms with E-state index < -0.39 is 6.04 Å². The summed E-state index contributed by atoms with van der Waals surface area (Å²) < 4.78 is 20.4. The fraction of sp³-hybridized carbons (Fsp3) is 0.0833. The first kappa shape index (κ1) is 20.7. The van der Waals surface area contributed by atoms with Crippen LogP contribution in [0.4, 0.5) is 10.1 Å². The zero-order chi connectivity index (χ0) is 22.2. The standard InChI is InChI=1S/C24H17BrFN3O2S/c25-16-13-14(26)8-9-15(16)20-10-11-21(31-20)23-22(17-5-3-4-12-27-17)28-24(32)29(23)18-6-1-2-7-19(18)30/h1-13,22-23,30H,(H,28,32). The summed E-state index contributed by atoms with van der Waals surface area (Å²) in [6, 6.07) is 20.1. The van der Waals surface area contributed by atoms with Gasteiger partial charge in [-0.3, -0.25) is 4.98 Å². The third kappa shape index (κ3) is 3.65. The Kier molecular flexibility index (Phi) is 5.40. The Morgan fingerprint density at radius 1 is 1.06 bits per heavy atom. The first-order valence-electron chi connectivity index (χ1n) is 9.87. The minimum atomic E-state index is -0.404. The number of pyridine rings is 1. The highest BCUT2D eigenvalue weighted by molar-refractivity contribution is 9.10. The number of aromatic nitrogens is 1. The molecule has 0 spiro atoms. The summed E-state index contributed by atoms with van der Waals surface area (Å²) in [4.78, 5) is 6.35. The summed E-state index contributed by atoms with van der Waals surface area (Å²) in [6.07, 6.45) is 1.73. The molecule has 2 aromatic carbocycles. The molecule has 160 valence electrons. The Morgan fingerprint density at radius 2 is 1.88 bits per heavy atom. The number of thiocarbonyl (C=S) groups is 1. The van der Waals surface area contributed by atoms with E-state index in [4.69, 9.17) is 16.6 Å². The predicted octanol–water partition coefficient (Wildman–Crippen LogP) is 6.13. The molecule has 3 heterocycles. The van der Waals surface area contributed by atoms with E-state index in [1.54, 1.807) is 30.5 Å². The number of nitrogens with one attached hydrogen (secondary N) is 1. The SMILES string of the molecule is Oc1ccccc1N1C(=S)NC(c2ccccn2)C1c1ccc(-c2ccc(F)cc2Br)o1. The van der Waals surface area contributed by atoms with Gasteiger partial charge in [0.05, 0.1) is 17.4 Å². The quantitative estimate of drug-likeness (QED) is 0.323. The number of aromatic hydroxyl groups is 1. The zero-order valence-electron chi connectivity index (χ0n) is 16.6. The van der Waals surface area contributed by atoms with Crippen molar-refractivity contribution < 1.29 is 13.9 Å². The Bertz CT molecular complexity index is 1300. The molecule has 32 heavy (non-hydrogen) atoms. The summed E-state index contributed by atoms with van der Waals surface area (Å²) in [5.74, 6) is 0.985. The number of halogens is 2. The van der Waals surface area contributed by atoms with Crippen molar-refractivity contribution in [1.82, 2.24) is 10.3 Å². The van der Waals surface area contributed by atoms with E-state index >= 15 is 0 Å². The molecule has 0 aliphatic carbocycles. The predicted molar refractivity (Wildman–Crippen MR) is 128 cm³/mol. The van der Waals surface area contributed by atoms with Crippen molar-refractivity contribution in [3.05, 3.63) is 101 Å². The lowest BCUT2D eigenvalue weighted by Gasteiger charge is -2.26. The van der Waals surface area contributed by atoms with Crippen molar-refractivity contribution >= 4 is 38.9 Å². The maximum Gasteiger partial charge on any atom is 0.174 e. The van der Waals surface area contributed by atoms with Gasteiger partial charge in [-0.05, 0) is 82.7 Å². The van der Waals surface area contributed by atoms with Crippen molar-refractivity contribution in [3.8, 4) is 17.1 Å². The van der Waals surface area contributed by atoms with Crippen LogP contribution in [0.1, 0.15) is 23.5 Å². The summed E-state index contributed by atoms with van der Waals surface area (Å²) >= 11 is 9.06. The molecule has 2 aromatic heterocycles. The minimum Gasteiger partial charge on any atom is -0.506 e. The van der Waals surface area contributed by atoms with Gasteiger partial charge in [-0.2, -0.15) is 0 Å². The number of nitrogens with zero attached hydrogens (tertiary/aromatic N) is 2. The van der Waals surface area contributed by atoms with Crippen LogP contribution in [0.15, 0.2) is 87.9 Å². The number of para-hydroxylation sites is 2. The van der Waals surface area contributed by atoms with Gasteiger partial charge in [-0.15, -0.1) is 0 Å². The summed E-state index contributed by atoms with van der Waals surface area (Å²) in [6.45, 7) is 0. The van der Waals surface area contributed by atoms with Gasteiger partial charge in [0.25, 0.3) is 0 Å². The van der Waals surface area contributed by atoms with E-state index in [2.05, 4.69) is 26.2 Å². The van der Waals surface area contributed by atoms with Gasteiger partial charge >= 0.3 is 0 Å². The Morgan fingerprint density at radius 3 is 2.62 bits per heavy atom. The second-order valence-corrected chi connectivity index (χ2v) is 8.55. The molecule has 0 amide bonds. The van der Waals surface area contributed by atoms with E-state index in [0.29, 0.717) is 26.8 Å². The molecule has 0 saturated carbocycles. The van der Waals surface area contributed by atoms with Crippen LogP contribution in [0, 0.1) is 5.82 Å². The zero-order valence-corrected chi connectivity index (χ0v) is 19.0. The summed E-state index contributed by atoms with van der Waals surface area (Å²) in [5, 5.41) is 14.3. The number of phenols is 1. The Balaban J connectivity index is 1.62. The fourth-order valence-corrected chi connectivity index (χ4v) is 4.80. The highest BCUT2D eigenvalue weighted by atomic mass is 79.9. The lowest BCUT2D eigenvalue weighted by molar-refractivity contribution is 0.434. The average molecular weight is 510 g/mol. The highest BCUT2D eigenvalue weighted by Crippen LogP contribution is 2.45. The largest absolute Gasteiger partial charge is 0.506 e. The van der Waals surface area contributed by atoms with E-state index in [-0.39, 0.29) is 17.6 Å². The summed E-state index contributed by atoms with van der Waals surface area (Å²) in [5.41, 5.74) is 2.09. The number of hydrogen-bond donors (Lipinski definition) is 2. The number of furan rings is 1. The van der Waals surface area contributed by atoms with E-state index in [1.165, 1.54) is 12.1 Å².